The quantitative estimate of drug-likeness (QED) is 0.650. The number of amides is 1. The number of methoxy groups -OCH3 is 2. The second kappa shape index (κ2) is 8.17. The zero-order chi connectivity index (χ0) is 20.2. The van der Waals surface area contributed by atoms with E-state index in [-0.39, 0.29) is 5.91 Å². The minimum Gasteiger partial charge on any atom is -0.496 e. The molecule has 1 aromatic carbocycles. The van der Waals surface area contributed by atoms with Crippen molar-refractivity contribution in [1.82, 2.24) is 24.6 Å². The number of imidazole rings is 1. The summed E-state index contributed by atoms with van der Waals surface area (Å²) in [6.45, 7) is 2.49. The fraction of sp³-hybridized carbons (Fsp3) is 0.300. The lowest BCUT2D eigenvalue weighted by Gasteiger charge is -2.35. The van der Waals surface area contributed by atoms with Gasteiger partial charge in [-0.2, -0.15) is 0 Å². The third-order valence-electron chi connectivity index (χ3n) is 4.94. The molecule has 4 rings (SSSR count). The maximum atomic E-state index is 13.1. The Hall–Kier alpha value is -3.62. The second-order valence-electron chi connectivity index (χ2n) is 6.54. The van der Waals surface area contributed by atoms with Crippen LogP contribution >= 0.6 is 0 Å². The molecule has 3 heterocycles. The molecule has 0 unspecified atom stereocenters. The Morgan fingerprint density at radius 2 is 1.59 bits per heavy atom. The molecule has 2 aromatic heterocycles. The van der Waals surface area contributed by atoms with Gasteiger partial charge in [0.05, 0.1) is 14.2 Å². The van der Waals surface area contributed by atoms with E-state index in [0.29, 0.717) is 49.1 Å². The van der Waals surface area contributed by atoms with E-state index in [1.807, 2.05) is 23.2 Å². The van der Waals surface area contributed by atoms with Crippen LogP contribution in [0.5, 0.6) is 11.5 Å². The topological polar surface area (TPSA) is 85.6 Å². The average molecular weight is 394 g/mol. The molecule has 1 aliphatic heterocycles. The van der Waals surface area contributed by atoms with Crippen LogP contribution in [0.2, 0.25) is 0 Å². The second-order valence-corrected chi connectivity index (χ2v) is 6.54. The largest absolute Gasteiger partial charge is 0.496 e. The number of hydrogen-bond acceptors (Lipinski definition) is 7. The zero-order valence-corrected chi connectivity index (χ0v) is 16.4. The van der Waals surface area contributed by atoms with Crippen molar-refractivity contribution in [1.29, 1.82) is 0 Å². The maximum Gasteiger partial charge on any atom is 0.261 e. The highest BCUT2D eigenvalue weighted by molar-refractivity contribution is 5.99. The fourth-order valence-electron chi connectivity index (χ4n) is 3.38. The van der Waals surface area contributed by atoms with Gasteiger partial charge in [0, 0.05) is 38.6 Å². The Morgan fingerprint density at radius 1 is 0.931 bits per heavy atom. The summed E-state index contributed by atoms with van der Waals surface area (Å²) in [6.07, 6.45) is 5.20. The summed E-state index contributed by atoms with van der Waals surface area (Å²) in [5.41, 5.74) is 0.454. The average Bonchev–Trinajstić information content (AvgIpc) is 3.33. The lowest BCUT2D eigenvalue weighted by molar-refractivity contribution is 0.0739. The number of nitrogens with zero attached hydrogens (tertiary/aromatic N) is 6. The van der Waals surface area contributed by atoms with Crippen molar-refractivity contribution in [3.8, 4) is 17.3 Å². The van der Waals surface area contributed by atoms with Crippen molar-refractivity contribution >= 4 is 11.7 Å². The number of carbonyl (C=O) groups excluding carboxylic acids is 1. The first-order valence-electron chi connectivity index (χ1n) is 9.28. The van der Waals surface area contributed by atoms with Crippen molar-refractivity contribution in [3.05, 3.63) is 54.6 Å². The van der Waals surface area contributed by atoms with Crippen molar-refractivity contribution in [2.45, 2.75) is 0 Å². The molecular weight excluding hydrogens is 372 g/mol. The molecule has 0 atom stereocenters. The summed E-state index contributed by atoms with van der Waals surface area (Å²) in [4.78, 5) is 21.0. The van der Waals surface area contributed by atoms with Gasteiger partial charge in [-0.05, 0) is 24.3 Å². The lowest BCUT2D eigenvalue weighted by Crippen LogP contribution is -2.49. The first-order valence-corrected chi connectivity index (χ1v) is 9.28. The van der Waals surface area contributed by atoms with Crippen LogP contribution in [0.1, 0.15) is 10.4 Å². The smallest absolute Gasteiger partial charge is 0.261 e. The van der Waals surface area contributed by atoms with Gasteiger partial charge in [-0.15, -0.1) is 10.2 Å². The van der Waals surface area contributed by atoms with E-state index < -0.39 is 0 Å². The SMILES string of the molecule is COc1cccc(OC)c1C(=O)N1CCN(c2ccc(-n3ccnc3)nn2)CC1. The number of rotatable bonds is 5. The zero-order valence-electron chi connectivity index (χ0n) is 16.4. The maximum absolute atomic E-state index is 13.1. The summed E-state index contributed by atoms with van der Waals surface area (Å²) in [7, 11) is 3.10. The van der Waals surface area contributed by atoms with Crippen molar-refractivity contribution in [3.63, 3.8) is 0 Å². The standard InChI is InChI=1S/C20H22N6O3/c1-28-15-4-3-5-16(29-2)19(15)20(27)25-12-10-24(11-13-25)17-6-7-18(23-22-17)26-9-8-21-14-26/h3-9,14H,10-13H2,1-2H3. The minimum absolute atomic E-state index is 0.0968. The molecule has 0 bridgehead atoms. The summed E-state index contributed by atoms with van der Waals surface area (Å²) >= 11 is 0. The lowest BCUT2D eigenvalue weighted by atomic mass is 10.1. The van der Waals surface area contributed by atoms with Gasteiger partial charge in [0.25, 0.3) is 5.91 Å². The third kappa shape index (κ3) is 3.71. The van der Waals surface area contributed by atoms with Gasteiger partial charge in [-0.3, -0.25) is 9.36 Å². The van der Waals surface area contributed by atoms with Crippen LogP contribution < -0.4 is 14.4 Å². The molecule has 0 aliphatic carbocycles. The predicted octanol–water partition coefficient (Wildman–Crippen LogP) is 1.64. The van der Waals surface area contributed by atoms with Crippen LogP contribution in [0.4, 0.5) is 5.82 Å². The third-order valence-corrected chi connectivity index (χ3v) is 4.94. The van der Waals surface area contributed by atoms with Gasteiger partial charge in [0.15, 0.2) is 11.6 Å². The van der Waals surface area contributed by atoms with E-state index in [1.165, 1.54) is 0 Å². The molecular formula is C20H22N6O3. The molecule has 0 N–H and O–H groups in total. The number of aromatic nitrogens is 4. The van der Waals surface area contributed by atoms with Crippen LogP contribution in [-0.4, -0.2) is 71.0 Å². The number of anilines is 1. The van der Waals surface area contributed by atoms with Crippen molar-refractivity contribution < 1.29 is 14.3 Å². The molecule has 29 heavy (non-hydrogen) atoms. The number of benzene rings is 1. The normalized spacial score (nSPS) is 14.0. The van der Waals surface area contributed by atoms with Gasteiger partial charge >= 0.3 is 0 Å². The van der Waals surface area contributed by atoms with Gasteiger partial charge in [0.1, 0.15) is 23.4 Å². The Balaban J connectivity index is 1.44. The van der Waals surface area contributed by atoms with Gasteiger partial charge in [-0.1, -0.05) is 6.07 Å². The Bertz CT molecular complexity index is 944. The van der Waals surface area contributed by atoms with Crippen LogP contribution in [0.15, 0.2) is 49.1 Å². The Labute approximate surface area is 168 Å². The molecule has 1 aliphatic rings. The number of piperazine rings is 1. The summed E-state index contributed by atoms with van der Waals surface area (Å²) in [5.74, 6) is 2.43. The van der Waals surface area contributed by atoms with Crippen molar-refractivity contribution in [2.75, 3.05) is 45.3 Å². The van der Waals surface area contributed by atoms with E-state index in [4.69, 9.17) is 9.47 Å². The van der Waals surface area contributed by atoms with Gasteiger partial charge < -0.3 is 19.3 Å². The highest BCUT2D eigenvalue weighted by atomic mass is 16.5. The van der Waals surface area contributed by atoms with Gasteiger partial charge in [-0.25, -0.2) is 4.98 Å². The highest BCUT2D eigenvalue weighted by Gasteiger charge is 2.27. The monoisotopic (exact) mass is 394 g/mol. The van der Waals surface area contributed by atoms with Crippen LogP contribution in [0.25, 0.3) is 5.82 Å². The van der Waals surface area contributed by atoms with E-state index in [9.17, 15) is 4.79 Å². The van der Waals surface area contributed by atoms with E-state index in [2.05, 4.69) is 20.1 Å². The molecule has 9 heteroatoms. The summed E-state index contributed by atoms with van der Waals surface area (Å²) in [5, 5.41) is 8.59. The first kappa shape index (κ1) is 18.7. The Kier molecular flexibility index (Phi) is 5.28. The van der Waals surface area contributed by atoms with E-state index >= 15 is 0 Å². The molecule has 150 valence electrons. The fourth-order valence-corrected chi connectivity index (χ4v) is 3.38. The Morgan fingerprint density at radius 3 is 2.14 bits per heavy atom. The minimum atomic E-state index is -0.0968. The number of ether oxygens (including phenoxy) is 2. The molecule has 0 saturated carbocycles. The summed E-state index contributed by atoms with van der Waals surface area (Å²) in [6, 6.07) is 9.18. The van der Waals surface area contributed by atoms with Crippen LogP contribution in [-0.2, 0) is 0 Å². The number of hydrogen-bond donors (Lipinski definition) is 0. The molecule has 1 saturated heterocycles. The van der Waals surface area contributed by atoms with Crippen LogP contribution in [0, 0.1) is 0 Å². The molecule has 1 fully saturated rings. The highest BCUT2D eigenvalue weighted by Crippen LogP contribution is 2.30. The van der Waals surface area contributed by atoms with E-state index in [1.54, 1.807) is 49.5 Å². The molecule has 0 radical (unpaired) electrons. The van der Waals surface area contributed by atoms with Gasteiger partial charge in [0.2, 0.25) is 0 Å². The van der Waals surface area contributed by atoms with E-state index in [0.717, 1.165) is 5.82 Å². The van der Waals surface area contributed by atoms with Crippen LogP contribution in [0.3, 0.4) is 0 Å². The summed E-state index contributed by atoms with van der Waals surface area (Å²) < 4.78 is 12.5. The number of carbonyl (C=O) groups is 1. The first-order chi connectivity index (χ1) is 14.2. The molecule has 3 aromatic rings. The van der Waals surface area contributed by atoms with Crippen molar-refractivity contribution in [2.24, 2.45) is 0 Å². The molecule has 1 amide bonds. The molecule has 0 spiro atoms. The predicted molar refractivity (Wildman–Crippen MR) is 107 cm³/mol. The molecule has 9 nitrogen and oxygen atoms in total.